The van der Waals surface area contributed by atoms with Crippen LogP contribution in [0.15, 0.2) is 41.2 Å². The summed E-state index contributed by atoms with van der Waals surface area (Å²) in [6, 6.07) is 11.1. The molecule has 0 fully saturated rings. The van der Waals surface area contributed by atoms with Crippen LogP contribution in [-0.2, 0) is 11.9 Å². The quantitative estimate of drug-likeness (QED) is 0.680. The van der Waals surface area contributed by atoms with E-state index in [1.54, 1.807) is 6.07 Å². The molecule has 4 nitrogen and oxygen atoms in total. The maximum Gasteiger partial charge on any atom is 0.290 e. The van der Waals surface area contributed by atoms with Crippen molar-refractivity contribution in [2.24, 2.45) is 0 Å². The highest BCUT2D eigenvalue weighted by atomic mass is 79.9. The summed E-state index contributed by atoms with van der Waals surface area (Å²) in [4.78, 5) is 25.0. The summed E-state index contributed by atoms with van der Waals surface area (Å²) < 4.78 is 5.48. The minimum atomic E-state index is -0.400. The normalized spacial score (nSPS) is 10.2. The molecule has 2 aromatic rings. The van der Waals surface area contributed by atoms with Crippen LogP contribution in [0.5, 0.6) is 5.75 Å². The number of hydrogen-bond donors (Lipinski definition) is 1. The lowest BCUT2D eigenvalue weighted by atomic mass is 10.2. The van der Waals surface area contributed by atoms with Gasteiger partial charge in [-0.1, -0.05) is 46.3 Å². The standard InChI is InChI=1S/C14H12BrNO3/c15-7-11-6-13(14(18)16-12(11)8-17)19-9-10-4-2-1-3-5-10/h1-6,8H,7,9H2,(H,16,18). The molecule has 1 heterocycles. The van der Waals surface area contributed by atoms with Gasteiger partial charge in [-0.15, -0.1) is 0 Å². The maximum atomic E-state index is 11.7. The number of nitrogens with one attached hydrogen (secondary N) is 1. The van der Waals surface area contributed by atoms with Gasteiger partial charge in [-0.25, -0.2) is 0 Å². The van der Waals surface area contributed by atoms with Crippen molar-refractivity contribution in [1.82, 2.24) is 4.98 Å². The Morgan fingerprint density at radius 2 is 2.00 bits per heavy atom. The van der Waals surface area contributed by atoms with E-state index in [1.807, 2.05) is 30.3 Å². The molecule has 5 heteroatoms. The van der Waals surface area contributed by atoms with Gasteiger partial charge in [-0.2, -0.15) is 0 Å². The van der Waals surface area contributed by atoms with Crippen LogP contribution in [0.3, 0.4) is 0 Å². The first-order valence-electron chi connectivity index (χ1n) is 5.68. The lowest BCUT2D eigenvalue weighted by Gasteiger charge is -2.08. The van der Waals surface area contributed by atoms with Crippen molar-refractivity contribution in [3.63, 3.8) is 0 Å². The fourth-order valence-corrected chi connectivity index (χ4v) is 2.09. The molecule has 0 aliphatic heterocycles. The molecule has 0 aliphatic rings. The lowest BCUT2D eigenvalue weighted by Crippen LogP contribution is -2.14. The first-order chi connectivity index (χ1) is 9.24. The van der Waals surface area contributed by atoms with E-state index >= 15 is 0 Å². The third-order valence-corrected chi connectivity index (χ3v) is 3.23. The number of aldehydes is 1. The molecule has 0 saturated carbocycles. The molecular weight excluding hydrogens is 310 g/mol. The van der Waals surface area contributed by atoms with Crippen molar-refractivity contribution in [2.75, 3.05) is 0 Å². The molecular formula is C14H12BrNO3. The van der Waals surface area contributed by atoms with Gasteiger partial charge in [0.05, 0.1) is 5.69 Å². The Kier molecular flexibility index (Phi) is 4.52. The highest BCUT2D eigenvalue weighted by Crippen LogP contribution is 2.14. The average molecular weight is 322 g/mol. The van der Waals surface area contributed by atoms with Crippen LogP contribution in [-0.4, -0.2) is 11.3 Å². The number of carbonyl (C=O) groups excluding carboxylic acids is 1. The summed E-state index contributed by atoms with van der Waals surface area (Å²) in [6.45, 7) is 0.312. The second kappa shape index (κ2) is 6.33. The van der Waals surface area contributed by atoms with Crippen LogP contribution in [0.25, 0.3) is 0 Å². The Hall–Kier alpha value is -1.88. The van der Waals surface area contributed by atoms with Crippen LogP contribution in [0, 0.1) is 0 Å². The highest BCUT2D eigenvalue weighted by molar-refractivity contribution is 9.08. The average Bonchev–Trinajstić information content (AvgIpc) is 2.46. The van der Waals surface area contributed by atoms with Gasteiger partial charge >= 0.3 is 0 Å². The number of carbonyl (C=O) groups is 1. The van der Waals surface area contributed by atoms with E-state index in [9.17, 15) is 9.59 Å². The van der Waals surface area contributed by atoms with E-state index in [0.717, 1.165) is 5.56 Å². The fourth-order valence-electron chi connectivity index (χ4n) is 1.62. The number of aromatic amines is 1. The number of alkyl halides is 1. The lowest BCUT2D eigenvalue weighted by molar-refractivity contribution is 0.111. The molecule has 1 N–H and O–H groups in total. The Balaban J connectivity index is 2.21. The molecule has 0 spiro atoms. The van der Waals surface area contributed by atoms with Crippen molar-refractivity contribution in [3.05, 3.63) is 63.6 Å². The van der Waals surface area contributed by atoms with Gasteiger partial charge in [-0.05, 0) is 17.2 Å². The zero-order chi connectivity index (χ0) is 13.7. The minimum Gasteiger partial charge on any atom is -0.483 e. The molecule has 0 aliphatic carbocycles. The minimum absolute atomic E-state index is 0.212. The highest BCUT2D eigenvalue weighted by Gasteiger charge is 2.08. The van der Waals surface area contributed by atoms with Gasteiger partial charge in [0.1, 0.15) is 6.61 Å². The van der Waals surface area contributed by atoms with Gasteiger partial charge < -0.3 is 9.72 Å². The van der Waals surface area contributed by atoms with Crippen LogP contribution >= 0.6 is 15.9 Å². The monoisotopic (exact) mass is 321 g/mol. The molecule has 1 aromatic carbocycles. The molecule has 2 rings (SSSR count). The molecule has 19 heavy (non-hydrogen) atoms. The van der Waals surface area contributed by atoms with Crippen molar-refractivity contribution in [3.8, 4) is 5.75 Å². The zero-order valence-electron chi connectivity index (χ0n) is 10.1. The van der Waals surface area contributed by atoms with Crippen LogP contribution in [0.4, 0.5) is 0 Å². The second-order valence-electron chi connectivity index (χ2n) is 3.93. The maximum absolute atomic E-state index is 11.7. The summed E-state index contributed by atoms with van der Waals surface area (Å²) in [6.07, 6.45) is 0.624. The van der Waals surface area contributed by atoms with Crippen molar-refractivity contribution in [1.29, 1.82) is 0 Å². The first-order valence-corrected chi connectivity index (χ1v) is 6.81. The zero-order valence-corrected chi connectivity index (χ0v) is 11.6. The third-order valence-electron chi connectivity index (χ3n) is 2.62. The molecule has 0 amide bonds. The largest absolute Gasteiger partial charge is 0.483 e. The Morgan fingerprint density at radius 3 is 2.63 bits per heavy atom. The van der Waals surface area contributed by atoms with Crippen molar-refractivity contribution >= 4 is 22.2 Å². The molecule has 0 atom stereocenters. The van der Waals surface area contributed by atoms with Gasteiger partial charge in [0.25, 0.3) is 5.56 Å². The van der Waals surface area contributed by atoms with E-state index in [1.165, 1.54) is 0 Å². The number of benzene rings is 1. The summed E-state index contributed by atoms with van der Waals surface area (Å²) in [5.74, 6) is 0.212. The number of rotatable bonds is 5. The number of aromatic nitrogens is 1. The Labute approximate surface area is 118 Å². The van der Waals surface area contributed by atoms with Crippen LogP contribution in [0.1, 0.15) is 21.6 Å². The number of H-pyrrole nitrogens is 1. The predicted molar refractivity (Wildman–Crippen MR) is 75.9 cm³/mol. The van der Waals surface area contributed by atoms with Gasteiger partial charge in [0, 0.05) is 5.33 Å². The molecule has 0 radical (unpaired) electrons. The van der Waals surface area contributed by atoms with Crippen molar-refractivity contribution < 1.29 is 9.53 Å². The molecule has 98 valence electrons. The van der Waals surface area contributed by atoms with E-state index < -0.39 is 5.56 Å². The van der Waals surface area contributed by atoms with Gasteiger partial charge in [-0.3, -0.25) is 9.59 Å². The van der Waals surface area contributed by atoms with E-state index in [-0.39, 0.29) is 11.4 Å². The van der Waals surface area contributed by atoms with Crippen LogP contribution in [0.2, 0.25) is 0 Å². The molecule has 0 bridgehead atoms. The van der Waals surface area contributed by atoms with E-state index in [4.69, 9.17) is 4.74 Å². The topological polar surface area (TPSA) is 59.2 Å². The van der Waals surface area contributed by atoms with Gasteiger partial charge in [0.2, 0.25) is 0 Å². The molecule has 1 aromatic heterocycles. The number of hydrogen-bond acceptors (Lipinski definition) is 3. The predicted octanol–water partition coefficient (Wildman–Crippen LogP) is 2.66. The summed E-state index contributed by atoms with van der Waals surface area (Å²) in [5, 5.41) is 0.472. The summed E-state index contributed by atoms with van der Waals surface area (Å²) in [7, 11) is 0. The third kappa shape index (κ3) is 3.32. The molecule has 0 unspecified atom stereocenters. The second-order valence-corrected chi connectivity index (χ2v) is 4.49. The van der Waals surface area contributed by atoms with E-state index in [0.29, 0.717) is 23.8 Å². The van der Waals surface area contributed by atoms with Gasteiger partial charge in [0.15, 0.2) is 12.0 Å². The SMILES string of the molecule is O=Cc1[nH]c(=O)c(OCc2ccccc2)cc1CBr. The Morgan fingerprint density at radius 1 is 1.26 bits per heavy atom. The fraction of sp³-hybridized carbons (Fsp3) is 0.143. The number of pyridine rings is 1. The van der Waals surface area contributed by atoms with Crippen LogP contribution < -0.4 is 10.3 Å². The summed E-state index contributed by atoms with van der Waals surface area (Å²) >= 11 is 3.27. The van der Waals surface area contributed by atoms with Crippen molar-refractivity contribution in [2.45, 2.75) is 11.9 Å². The first kappa shape index (κ1) is 13.5. The molecule has 0 saturated heterocycles. The Bertz CT molecular complexity index is 622. The number of ether oxygens (including phenoxy) is 1. The number of halogens is 1. The van der Waals surface area contributed by atoms with E-state index in [2.05, 4.69) is 20.9 Å². The smallest absolute Gasteiger partial charge is 0.290 e. The summed E-state index contributed by atoms with van der Waals surface area (Å²) in [5.41, 5.74) is 1.54.